The van der Waals surface area contributed by atoms with Gasteiger partial charge in [-0.1, -0.05) is 13.8 Å². The van der Waals surface area contributed by atoms with Crippen LogP contribution in [0.2, 0.25) is 0 Å². The van der Waals surface area contributed by atoms with Gasteiger partial charge in [0.05, 0.1) is 11.1 Å². The van der Waals surface area contributed by atoms with Gasteiger partial charge < -0.3 is 5.73 Å². The number of halogens is 1. The molecule has 0 fully saturated rings. The lowest BCUT2D eigenvalue weighted by Crippen LogP contribution is -2.23. The average molecular weight is 310 g/mol. The Labute approximate surface area is 133 Å². The molecular formula is C18H19FN4. The molecule has 0 bridgehead atoms. The van der Waals surface area contributed by atoms with Crippen molar-refractivity contribution in [2.45, 2.75) is 33.1 Å². The molecule has 0 saturated carbocycles. The first-order valence-corrected chi connectivity index (χ1v) is 7.86. The molecule has 0 unspecified atom stereocenters. The number of hydrogen-bond acceptors (Lipinski definition) is 3. The highest BCUT2D eigenvalue weighted by atomic mass is 19.1. The van der Waals surface area contributed by atoms with Crippen LogP contribution in [0.15, 0.2) is 24.3 Å². The van der Waals surface area contributed by atoms with Crippen molar-refractivity contribution in [3.05, 3.63) is 41.2 Å². The zero-order valence-electron chi connectivity index (χ0n) is 13.3. The number of hydrogen-bond donors (Lipinski definition) is 2. The van der Waals surface area contributed by atoms with E-state index < -0.39 is 0 Å². The van der Waals surface area contributed by atoms with E-state index in [0.717, 1.165) is 35.9 Å². The van der Waals surface area contributed by atoms with Gasteiger partial charge in [-0.2, -0.15) is 5.10 Å². The number of nitrogens with two attached hydrogens (primary N) is 1. The van der Waals surface area contributed by atoms with Crippen molar-refractivity contribution in [2.24, 2.45) is 5.41 Å². The van der Waals surface area contributed by atoms with Gasteiger partial charge >= 0.3 is 0 Å². The van der Waals surface area contributed by atoms with Crippen molar-refractivity contribution in [1.82, 2.24) is 15.2 Å². The summed E-state index contributed by atoms with van der Waals surface area (Å²) in [6.07, 6.45) is 2.99. The molecule has 2 aromatic heterocycles. The van der Waals surface area contributed by atoms with Crippen LogP contribution in [-0.2, 0) is 12.8 Å². The van der Waals surface area contributed by atoms with E-state index in [2.05, 4.69) is 24.0 Å². The molecule has 118 valence electrons. The summed E-state index contributed by atoms with van der Waals surface area (Å²) in [7, 11) is 0. The van der Waals surface area contributed by atoms with Crippen LogP contribution in [0.4, 0.5) is 10.2 Å². The first kappa shape index (κ1) is 14.2. The summed E-state index contributed by atoms with van der Waals surface area (Å²) in [5.41, 5.74) is 11.3. The largest absolute Gasteiger partial charge is 0.382 e. The van der Waals surface area contributed by atoms with Crippen molar-refractivity contribution >= 4 is 16.9 Å². The molecule has 0 amide bonds. The molecular weight excluding hydrogens is 291 g/mol. The molecule has 23 heavy (non-hydrogen) atoms. The summed E-state index contributed by atoms with van der Waals surface area (Å²) in [6.45, 7) is 4.55. The fourth-order valence-electron chi connectivity index (χ4n) is 3.54. The van der Waals surface area contributed by atoms with Gasteiger partial charge in [-0.15, -0.1) is 0 Å². The van der Waals surface area contributed by atoms with Gasteiger partial charge in [0.25, 0.3) is 0 Å². The molecule has 0 radical (unpaired) electrons. The van der Waals surface area contributed by atoms with Crippen molar-refractivity contribution in [3.63, 3.8) is 0 Å². The maximum atomic E-state index is 13.2. The van der Waals surface area contributed by atoms with Crippen LogP contribution < -0.4 is 5.73 Å². The van der Waals surface area contributed by atoms with E-state index in [1.54, 1.807) is 12.1 Å². The first-order chi connectivity index (χ1) is 10.9. The number of nitrogens with one attached hydrogen (secondary N) is 1. The Morgan fingerprint density at radius 2 is 1.91 bits per heavy atom. The van der Waals surface area contributed by atoms with E-state index in [4.69, 9.17) is 10.7 Å². The number of benzene rings is 1. The number of H-pyrrole nitrogens is 1. The number of nitrogens with zero attached hydrogens (tertiary/aromatic N) is 2. The summed E-state index contributed by atoms with van der Waals surface area (Å²) in [5, 5.41) is 8.00. The Morgan fingerprint density at radius 1 is 1.17 bits per heavy atom. The number of aromatic nitrogens is 3. The lowest BCUT2D eigenvalue weighted by Gasteiger charge is -2.32. The Hall–Kier alpha value is -2.43. The van der Waals surface area contributed by atoms with Crippen molar-refractivity contribution in [3.8, 4) is 11.3 Å². The van der Waals surface area contributed by atoms with Gasteiger partial charge in [-0.3, -0.25) is 5.10 Å². The summed E-state index contributed by atoms with van der Waals surface area (Å²) in [6, 6.07) is 6.51. The second-order valence-corrected chi connectivity index (χ2v) is 7.10. The molecule has 1 aliphatic rings. The zero-order valence-corrected chi connectivity index (χ0v) is 13.3. The highest BCUT2D eigenvalue weighted by Gasteiger charge is 2.30. The number of nitrogen functional groups attached to an aromatic ring is 1. The molecule has 3 aromatic rings. The number of aromatic amines is 1. The molecule has 0 aliphatic heterocycles. The van der Waals surface area contributed by atoms with Gasteiger partial charge in [-0.05, 0) is 60.1 Å². The maximum absolute atomic E-state index is 13.2. The van der Waals surface area contributed by atoms with Crippen molar-refractivity contribution in [1.29, 1.82) is 0 Å². The predicted molar refractivity (Wildman–Crippen MR) is 89.5 cm³/mol. The average Bonchev–Trinajstić information content (AvgIpc) is 2.88. The zero-order chi connectivity index (χ0) is 16.2. The summed E-state index contributed by atoms with van der Waals surface area (Å²) in [5.74, 6) is 0.266. The Bertz CT molecular complexity index is 894. The molecule has 4 nitrogen and oxygen atoms in total. The summed E-state index contributed by atoms with van der Waals surface area (Å²) < 4.78 is 13.2. The quantitative estimate of drug-likeness (QED) is 0.717. The molecule has 1 aromatic carbocycles. The van der Waals surface area contributed by atoms with Crippen molar-refractivity contribution in [2.75, 3.05) is 5.73 Å². The number of fused-ring (bicyclic) bond motifs is 3. The molecule has 0 saturated heterocycles. The predicted octanol–water partition coefficient (Wildman–Crippen LogP) is 3.86. The van der Waals surface area contributed by atoms with E-state index >= 15 is 0 Å². The lowest BCUT2D eigenvalue weighted by atomic mass is 9.73. The standard InChI is InChI=1S/C18H19FN4/c1-18(2)8-7-12-13(9-18)14-16(20)22-23-17(14)21-15(12)10-3-5-11(19)6-4-10/h3-6H,7-9H2,1-2H3,(H3,20,21,22,23). The fourth-order valence-corrected chi connectivity index (χ4v) is 3.54. The Kier molecular flexibility index (Phi) is 2.95. The van der Waals surface area contributed by atoms with Gasteiger partial charge in [-0.25, -0.2) is 9.37 Å². The van der Waals surface area contributed by atoms with E-state index in [9.17, 15) is 4.39 Å². The van der Waals surface area contributed by atoms with Gasteiger partial charge in [0.1, 0.15) is 5.82 Å². The second-order valence-electron chi connectivity index (χ2n) is 7.10. The monoisotopic (exact) mass is 310 g/mol. The minimum Gasteiger partial charge on any atom is -0.382 e. The molecule has 3 N–H and O–H groups in total. The Morgan fingerprint density at radius 3 is 2.65 bits per heavy atom. The van der Waals surface area contributed by atoms with Gasteiger partial charge in [0.15, 0.2) is 11.5 Å². The minimum atomic E-state index is -0.240. The summed E-state index contributed by atoms with van der Waals surface area (Å²) >= 11 is 0. The third kappa shape index (κ3) is 2.27. The molecule has 0 spiro atoms. The first-order valence-electron chi connectivity index (χ1n) is 7.86. The normalized spacial score (nSPS) is 16.5. The Balaban J connectivity index is 2.01. The van der Waals surface area contributed by atoms with Gasteiger partial charge in [0.2, 0.25) is 0 Å². The summed E-state index contributed by atoms with van der Waals surface area (Å²) in [4.78, 5) is 4.74. The van der Waals surface area contributed by atoms with Gasteiger partial charge in [0, 0.05) is 5.56 Å². The van der Waals surface area contributed by atoms with E-state index in [-0.39, 0.29) is 11.2 Å². The SMILES string of the molecule is CC1(C)CCc2c(-c3ccc(F)cc3)nc3[nH]nc(N)c3c2C1. The minimum absolute atomic E-state index is 0.227. The topological polar surface area (TPSA) is 67.6 Å². The van der Waals surface area contributed by atoms with Crippen molar-refractivity contribution < 1.29 is 4.39 Å². The maximum Gasteiger partial charge on any atom is 0.158 e. The van der Waals surface area contributed by atoms with Crippen LogP contribution in [0.1, 0.15) is 31.4 Å². The van der Waals surface area contributed by atoms with E-state index in [1.807, 2.05) is 0 Å². The van der Waals surface area contributed by atoms with Crippen LogP contribution in [-0.4, -0.2) is 15.2 Å². The van der Waals surface area contributed by atoms with Crippen LogP contribution in [0.5, 0.6) is 0 Å². The van der Waals surface area contributed by atoms with Crippen LogP contribution in [0.3, 0.4) is 0 Å². The molecule has 2 heterocycles. The van der Waals surface area contributed by atoms with E-state index in [1.165, 1.54) is 23.3 Å². The van der Waals surface area contributed by atoms with Crippen LogP contribution >= 0.6 is 0 Å². The number of pyridine rings is 1. The van der Waals surface area contributed by atoms with Crippen LogP contribution in [0, 0.1) is 11.2 Å². The lowest BCUT2D eigenvalue weighted by molar-refractivity contribution is 0.317. The molecule has 0 atom stereocenters. The highest BCUT2D eigenvalue weighted by molar-refractivity contribution is 5.93. The third-order valence-corrected chi connectivity index (χ3v) is 4.78. The highest BCUT2D eigenvalue weighted by Crippen LogP contribution is 2.42. The second kappa shape index (κ2) is 4.78. The number of anilines is 1. The fraction of sp³-hybridized carbons (Fsp3) is 0.333. The van der Waals surface area contributed by atoms with Crippen LogP contribution in [0.25, 0.3) is 22.3 Å². The molecule has 1 aliphatic carbocycles. The molecule has 4 rings (SSSR count). The number of rotatable bonds is 1. The van der Waals surface area contributed by atoms with E-state index in [0.29, 0.717) is 11.5 Å². The smallest absolute Gasteiger partial charge is 0.158 e. The molecule has 5 heteroatoms. The third-order valence-electron chi connectivity index (χ3n) is 4.78.